The Morgan fingerprint density at radius 3 is 2.50 bits per heavy atom. The second kappa shape index (κ2) is 6.69. The molecule has 1 aromatic rings. The van der Waals surface area contributed by atoms with Gasteiger partial charge in [0.1, 0.15) is 5.82 Å². The first-order valence-corrected chi connectivity index (χ1v) is 11.6. The van der Waals surface area contributed by atoms with E-state index in [1.165, 1.54) is 62.7 Å². The molecule has 5 rings (SSSR count). The third-order valence-corrected chi connectivity index (χ3v) is 9.67. The van der Waals surface area contributed by atoms with Crippen molar-refractivity contribution in [2.45, 2.75) is 77.7 Å². The van der Waals surface area contributed by atoms with Crippen LogP contribution in [0.15, 0.2) is 29.8 Å². The summed E-state index contributed by atoms with van der Waals surface area (Å²) in [5.41, 5.74) is 2.75. The van der Waals surface area contributed by atoms with Crippen molar-refractivity contribution >= 4 is 6.08 Å². The summed E-state index contributed by atoms with van der Waals surface area (Å²) in [6.07, 6.45) is 13.7. The maximum atomic E-state index is 13.3. The summed E-state index contributed by atoms with van der Waals surface area (Å²) < 4.78 is 13.3. The van der Waals surface area contributed by atoms with Crippen molar-refractivity contribution in [1.82, 2.24) is 0 Å². The van der Waals surface area contributed by atoms with Gasteiger partial charge in [0.05, 0.1) is 6.10 Å². The zero-order valence-electron chi connectivity index (χ0n) is 17.5. The molecule has 1 aromatic carbocycles. The van der Waals surface area contributed by atoms with Gasteiger partial charge in [-0.1, -0.05) is 44.9 Å². The molecule has 4 aliphatic rings. The highest BCUT2D eigenvalue weighted by molar-refractivity contribution is 5.55. The molecule has 4 fully saturated rings. The van der Waals surface area contributed by atoms with E-state index in [4.69, 9.17) is 0 Å². The Hall–Kier alpha value is -1.15. The zero-order chi connectivity index (χ0) is 19.5. The first-order chi connectivity index (χ1) is 13.4. The summed E-state index contributed by atoms with van der Waals surface area (Å²) in [7, 11) is 0. The van der Waals surface area contributed by atoms with E-state index >= 15 is 0 Å². The molecule has 1 N–H and O–H groups in total. The lowest BCUT2D eigenvalue weighted by Gasteiger charge is -2.60. The number of aliphatic hydroxyl groups is 1. The standard InChI is InChI=1S/C26H35FO/c1-25-13-4-3-5-19(25)8-11-21-22(25)12-14-26(2)23(21)16-18(24(26)28)15-17-6-9-20(27)10-7-17/h6-7,9-10,15,19,21-24,28H,3-5,8,11-14,16H2,1-2H3/b18-15+/t19-,21-,22+,23+,24+,25+,26+/m1/s1. The van der Waals surface area contributed by atoms with Crippen LogP contribution in [0.25, 0.3) is 6.08 Å². The molecule has 7 atom stereocenters. The summed E-state index contributed by atoms with van der Waals surface area (Å²) in [5.74, 6) is 2.96. The number of aliphatic hydroxyl groups excluding tert-OH is 1. The molecule has 28 heavy (non-hydrogen) atoms. The van der Waals surface area contributed by atoms with Gasteiger partial charge in [-0.25, -0.2) is 4.39 Å². The average molecular weight is 383 g/mol. The smallest absolute Gasteiger partial charge is 0.123 e. The van der Waals surface area contributed by atoms with E-state index in [0.29, 0.717) is 11.3 Å². The highest BCUT2D eigenvalue weighted by atomic mass is 19.1. The Balaban J connectivity index is 1.45. The van der Waals surface area contributed by atoms with Crippen molar-refractivity contribution < 1.29 is 9.50 Å². The highest BCUT2D eigenvalue weighted by Crippen LogP contribution is 2.67. The maximum absolute atomic E-state index is 13.3. The van der Waals surface area contributed by atoms with Crippen molar-refractivity contribution in [3.05, 3.63) is 41.2 Å². The molecule has 152 valence electrons. The number of hydrogen-bond acceptors (Lipinski definition) is 1. The molecular weight excluding hydrogens is 347 g/mol. The van der Waals surface area contributed by atoms with Gasteiger partial charge in [0.25, 0.3) is 0 Å². The second-order valence-electron chi connectivity index (χ2n) is 10.8. The van der Waals surface area contributed by atoms with Crippen molar-refractivity contribution in [3.63, 3.8) is 0 Å². The Morgan fingerprint density at radius 1 is 0.929 bits per heavy atom. The highest BCUT2D eigenvalue weighted by Gasteiger charge is 2.60. The molecule has 0 spiro atoms. The first-order valence-electron chi connectivity index (χ1n) is 11.6. The largest absolute Gasteiger partial charge is 0.388 e. The summed E-state index contributed by atoms with van der Waals surface area (Å²) in [6, 6.07) is 6.69. The van der Waals surface area contributed by atoms with Crippen LogP contribution in [-0.4, -0.2) is 11.2 Å². The predicted molar refractivity (Wildman–Crippen MR) is 112 cm³/mol. The molecule has 0 aliphatic heterocycles. The van der Waals surface area contributed by atoms with Crippen LogP contribution in [0.3, 0.4) is 0 Å². The lowest BCUT2D eigenvalue weighted by Crippen LogP contribution is -2.53. The fourth-order valence-electron chi connectivity index (χ4n) is 8.07. The van der Waals surface area contributed by atoms with Gasteiger partial charge in [-0.2, -0.15) is 0 Å². The Labute approximate surface area is 169 Å². The van der Waals surface area contributed by atoms with Gasteiger partial charge < -0.3 is 5.11 Å². The minimum atomic E-state index is -0.347. The Bertz CT molecular complexity index is 767. The van der Waals surface area contributed by atoms with Gasteiger partial charge in [0, 0.05) is 5.41 Å². The molecule has 0 radical (unpaired) electrons. The van der Waals surface area contributed by atoms with E-state index < -0.39 is 0 Å². The second-order valence-corrected chi connectivity index (χ2v) is 10.8. The summed E-state index contributed by atoms with van der Waals surface area (Å²) >= 11 is 0. The number of rotatable bonds is 1. The quantitative estimate of drug-likeness (QED) is 0.579. The monoisotopic (exact) mass is 382 g/mol. The molecule has 4 aliphatic carbocycles. The van der Waals surface area contributed by atoms with E-state index in [1.54, 1.807) is 0 Å². The van der Waals surface area contributed by atoms with Crippen molar-refractivity contribution in [3.8, 4) is 0 Å². The van der Waals surface area contributed by atoms with Gasteiger partial charge in [0.15, 0.2) is 0 Å². The average Bonchev–Trinajstić information content (AvgIpc) is 2.94. The maximum Gasteiger partial charge on any atom is 0.123 e. The summed E-state index contributed by atoms with van der Waals surface area (Å²) in [4.78, 5) is 0. The van der Waals surface area contributed by atoms with E-state index in [9.17, 15) is 9.50 Å². The van der Waals surface area contributed by atoms with E-state index in [2.05, 4.69) is 19.9 Å². The molecule has 0 heterocycles. The molecule has 0 saturated heterocycles. The first kappa shape index (κ1) is 18.9. The van der Waals surface area contributed by atoms with Crippen LogP contribution in [0.1, 0.15) is 77.2 Å². The van der Waals surface area contributed by atoms with E-state index in [0.717, 1.165) is 36.2 Å². The molecular formula is C26H35FO. The minimum absolute atomic E-state index is 0.0187. The molecule has 0 aromatic heterocycles. The van der Waals surface area contributed by atoms with Gasteiger partial charge in [-0.3, -0.25) is 0 Å². The molecule has 0 amide bonds. The number of hydrogen-bond donors (Lipinski definition) is 1. The number of halogens is 1. The third-order valence-electron chi connectivity index (χ3n) is 9.67. The lowest BCUT2D eigenvalue weighted by atomic mass is 9.45. The van der Waals surface area contributed by atoms with Crippen LogP contribution in [0.5, 0.6) is 0 Å². The predicted octanol–water partition coefficient (Wildman–Crippen LogP) is 6.61. The van der Waals surface area contributed by atoms with Gasteiger partial charge in [-0.15, -0.1) is 0 Å². The van der Waals surface area contributed by atoms with Crippen LogP contribution in [0.2, 0.25) is 0 Å². The lowest BCUT2D eigenvalue weighted by molar-refractivity contribution is -0.119. The molecule has 4 saturated carbocycles. The van der Waals surface area contributed by atoms with Gasteiger partial charge >= 0.3 is 0 Å². The molecule has 2 heteroatoms. The van der Waals surface area contributed by atoms with Crippen LogP contribution >= 0.6 is 0 Å². The van der Waals surface area contributed by atoms with Crippen LogP contribution in [0.4, 0.5) is 4.39 Å². The molecule has 1 nitrogen and oxygen atoms in total. The summed E-state index contributed by atoms with van der Waals surface area (Å²) in [5, 5.41) is 11.3. The fourth-order valence-corrected chi connectivity index (χ4v) is 8.07. The Morgan fingerprint density at radius 2 is 1.71 bits per heavy atom. The van der Waals surface area contributed by atoms with E-state index in [1.807, 2.05) is 12.1 Å². The fraction of sp³-hybridized carbons (Fsp3) is 0.692. The van der Waals surface area contributed by atoms with Gasteiger partial charge in [0.2, 0.25) is 0 Å². The Kier molecular flexibility index (Phi) is 4.50. The SMILES string of the molecule is C[C@]12CCCC[C@@H]1CC[C@@H]1[C@@H]2CC[C@]2(C)[C@@H](O)/C(=C/c3ccc(F)cc3)C[C@@H]12. The van der Waals surface area contributed by atoms with Crippen LogP contribution in [-0.2, 0) is 0 Å². The third kappa shape index (κ3) is 2.74. The normalized spacial score (nSPS) is 46.7. The van der Waals surface area contributed by atoms with Crippen molar-refractivity contribution in [1.29, 1.82) is 0 Å². The minimum Gasteiger partial charge on any atom is -0.388 e. The number of benzene rings is 1. The summed E-state index contributed by atoms with van der Waals surface area (Å²) in [6.45, 7) is 4.95. The van der Waals surface area contributed by atoms with Crippen molar-refractivity contribution in [2.75, 3.05) is 0 Å². The van der Waals surface area contributed by atoms with Crippen LogP contribution < -0.4 is 0 Å². The van der Waals surface area contributed by atoms with Crippen molar-refractivity contribution in [2.24, 2.45) is 34.5 Å². The number of fused-ring (bicyclic) bond motifs is 5. The topological polar surface area (TPSA) is 20.2 Å². The van der Waals surface area contributed by atoms with Gasteiger partial charge in [-0.05, 0) is 97.3 Å². The molecule has 0 bridgehead atoms. The zero-order valence-corrected chi connectivity index (χ0v) is 17.5. The molecule has 0 unspecified atom stereocenters. The van der Waals surface area contributed by atoms with E-state index in [-0.39, 0.29) is 17.3 Å². The van der Waals surface area contributed by atoms with Crippen LogP contribution in [0, 0.1) is 40.3 Å².